The molecule has 21 heavy (non-hydrogen) atoms. The van der Waals surface area contributed by atoms with Gasteiger partial charge in [-0.25, -0.2) is 17.1 Å². The molecule has 7 heteroatoms. The lowest BCUT2D eigenvalue weighted by atomic mass is 9.97. The minimum atomic E-state index is -3.68. The normalized spacial score (nSPS) is 18.3. The summed E-state index contributed by atoms with van der Waals surface area (Å²) in [6.07, 6.45) is 1.96. The smallest absolute Gasteiger partial charge is 0.244 e. The standard InChI is InChI=1S/C14H20ClFN2O2S/c1-17-7-5-11(6-8-17)10-18(2)21(19,20)14-4-3-12(16)9-13(14)15/h3-4,9,11H,5-8,10H2,1-2H3. The molecule has 1 aliphatic heterocycles. The molecule has 0 amide bonds. The topological polar surface area (TPSA) is 40.6 Å². The van der Waals surface area contributed by atoms with Crippen molar-refractivity contribution in [3.8, 4) is 0 Å². The number of sulfonamides is 1. The zero-order chi connectivity index (χ0) is 15.6. The number of piperidine rings is 1. The number of halogens is 2. The van der Waals surface area contributed by atoms with Gasteiger partial charge < -0.3 is 4.90 Å². The van der Waals surface area contributed by atoms with Gasteiger partial charge in [0.05, 0.1) is 5.02 Å². The number of hydrogen-bond donors (Lipinski definition) is 0. The van der Waals surface area contributed by atoms with Gasteiger partial charge >= 0.3 is 0 Å². The SMILES string of the molecule is CN1CCC(CN(C)S(=O)(=O)c2ccc(F)cc2Cl)CC1. The van der Waals surface area contributed by atoms with Gasteiger partial charge in [-0.1, -0.05) is 11.6 Å². The first-order valence-electron chi connectivity index (χ1n) is 6.90. The Hall–Kier alpha value is -0.690. The number of benzene rings is 1. The van der Waals surface area contributed by atoms with E-state index < -0.39 is 15.8 Å². The van der Waals surface area contributed by atoms with Gasteiger partial charge in [0, 0.05) is 13.6 Å². The van der Waals surface area contributed by atoms with Crippen LogP contribution in [0.3, 0.4) is 0 Å². The maximum atomic E-state index is 13.0. The number of likely N-dealkylation sites (tertiary alicyclic amines) is 1. The van der Waals surface area contributed by atoms with Gasteiger partial charge in [-0.3, -0.25) is 0 Å². The Balaban J connectivity index is 2.11. The molecule has 1 fully saturated rings. The first-order chi connectivity index (χ1) is 9.80. The Morgan fingerprint density at radius 1 is 1.38 bits per heavy atom. The van der Waals surface area contributed by atoms with Gasteiger partial charge in [0.2, 0.25) is 10.0 Å². The second-order valence-electron chi connectivity index (χ2n) is 5.61. The third kappa shape index (κ3) is 3.94. The largest absolute Gasteiger partial charge is 0.306 e. The first-order valence-corrected chi connectivity index (χ1v) is 8.72. The minimum Gasteiger partial charge on any atom is -0.306 e. The van der Waals surface area contributed by atoms with E-state index in [0.717, 1.165) is 38.1 Å². The van der Waals surface area contributed by atoms with Crippen molar-refractivity contribution in [3.63, 3.8) is 0 Å². The molecule has 0 radical (unpaired) electrons. The summed E-state index contributed by atoms with van der Waals surface area (Å²) < 4.78 is 39.4. The van der Waals surface area contributed by atoms with Crippen molar-refractivity contribution in [2.24, 2.45) is 5.92 Å². The summed E-state index contributed by atoms with van der Waals surface area (Å²) in [5.41, 5.74) is 0. The number of nitrogens with zero attached hydrogens (tertiary/aromatic N) is 2. The Morgan fingerprint density at radius 3 is 2.57 bits per heavy atom. The van der Waals surface area contributed by atoms with Crippen LogP contribution in [0.15, 0.2) is 23.1 Å². The summed E-state index contributed by atoms with van der Waals surface area (Å²) in [7, 11) is -0.0648. The Kier molecular flexibility index (Phi) is 5.24. The zero-order valence-corrected chi connectivity index (χ0v) is 13.8. The molecular formula is C14H20ClFN2O2S. The lowest BCUT2D eigenvalue weighted by Gasteiger charge is -2.31. The van der Waals surface area contributed by atoms with Gasteiger partial charge in [0.25, 0.3) is 0 Å². The van der Waals surface area contributed by atoms with Crippen LogP contribution in [0.1, 0.15) is 12.8 Å². The van der Waals surface area contributed by atoms with Gasteiger partial charge in [0.15, 0.2) is 0 Å². The van der Waals surface area contributed by atoms with Crippen molar-refractivity contribution >= 4 is 21.6 Å². The van der Waals surface area contributed by atoms with Crippen LogP contribution < -0.4 is 0 Å². The fraction of sp³-hybridized carbons (Fsp3) is 0.571. The van der Waals surface area contributed by atoms with Crippen LogP contribution in [0.2, 0.25) is 5.02 Å². The zero-order valence-electron chi connectivity index (χ0n) is 12.2. The van der Waals surface area contributed by atoms with Gasteiger partial charge in [-0.05, 0) is 57.1 Å². The fourth-order valence-electron chi connectivity index (χ4n) is 2.56. The van der Waals surface area contributed by atoms with Crippen molar-refractivity contribution < 1.29 is 12.8 Å². The van der Waals surface area contributed by atoms with Crippen LogP contribution in [-0.4, -0.2) is 51.4 Å². The lowest BCUT2D eigenvalue weighted by molar-refractivity contribution is 0.202. The van der Waals surface area contributed by atoms with E-state index in [0.29, 0.717) is 12.5 Å². The molecule has 0 aromatic heterocycles. The second kappa shape index (κ2) is 6.60. The highest BCUT2D eigenvalue weighted by Crippen LogP contribution is 2.26. The first kappa shape index (κ1) is 16.7. The molecule has 0 bridgehead atoms. The van der Waals surface area contributed by atoms with E-state index in [2.05, 4.69) is 11.9 Å². The molecule has 0 N–H and O–H groups in total. The third-order valence-electron chi connectivity index (χ3n) is 3.94. The highest BCUT2D eigenvalue weighted by molar-refractivity contribution is 7.89. The van der Waals surface area contributed by atoms with Crippen LogP contribution >= 0.6 is 11.6 Å². The van der Waals surface area contributed by atoms with E-state index >= 15 is 0 Å². The molecule has 0 unspecified atom stereocenters. The molecule has 1 aliphatic rings. The van der Waals surface area contributed by atoms with Crippen molar-refractivity contribution in [2.75, 3.05) is 33.7 Å². The van der Waals surface area contributed by atoms with Gasteiger partial charge in [0.1, 0.15) is 10.7 Å². The molecule has 0 atom stereocenters. The fourth-order valence-corrected chi connectivity index (χ4v) is 4.31. The Morgan fingerprint density at radius 2 is 2.00 bits per heavy atom. The van der Waals surface area contributed by atoms with Gasteiger partial charge in [-0.15, -0.1) is 0 Å². The average Bonchev–Trinajstić information content (AvgIpc) is 2.40. The van der Waals surface area contributed by atoms with E-state index in [1.165, 1.54) is 10.4 Å². The van der Waals surface area contributed by atoms with E-state index in [1.807, 2.05) is 0 Å². The van der Waals surface area contributed by atoms with E-state index in [-0.39, 0.29) is 9.92 Å². The number of rotatable bonds is 4. The molecule has 1 aromatic carbocycles. The van der Waals surface area contributed by atoms with Crippen molar-refractivity contribution in [1.82, 2.24) is 9.21 Å². The third-order valence-corrected chi connectivity index (χ3v) is 6.24. The van der Waals surface area contributed by atoms with Crippen molar-refractivity contribution in [2.45, 2.75) is 17.7 Å². The maximum Gasteiger partial charge on any atom is 0.244 e. The van der Waals surface area contributed by atoms with Crippen LogP contribution in [0.4, 0.5) is 4.39 Å². The summed E-state index contributed by atoms with van der Waals surface area (Å²) in [6, 6.07) is 3.36. The quantitative estimate of drug-likeness (QED) is 0.849. The predicted octanol–water partition coefficient (Wildman–Crippen LogP) is 2.44. The molecule has 118 valence electrons. The average molecular weight is 335 g/mol. The highest BCUT2D eigenvalue weighted by Gasteiger charge is 2.27. The van der Waals surface area contributed by atoms with Crippen LogP contribution in [0, 0.1) is 11.7 Å². The molecule has 1 saturated heterocycles. The molecule has 2 rings (SSSR count). The molecular weight excluding hydrogens is 315 g/mol. The van der Waals surface area contributed by atoms with E-state index in [9.17, 15) is 12.8 Å². The lowest BCUT2D eigenvalue weighted by Crippen LogP contribution is -2.38. The van der Waals surface area contributed by atoms with Gasteiger partial charge in [-0.2, -0.15) is 0 Å². The summed E-state index contributed by atoms with van der Waals surface area (Å²) >= 11 is 5.87. The van der Waals surface area contributed by atoms with Crippen LogP contribution in [-0.2, 0) is 10.0 Å². The van der Waals surface area contributed by atoms with E-state index in [4.69, 9.17) is 11.6 Å². The molecule has 1 heterocycles. The molecule has 0 spiro atoms. The summed E-state index contributed by atoms with van der Waals surface area (Å²) in [4.78, 5) is 2.20. The minimum absolute atomic E-state index is 0.0407. The molecule has 0 saturated carbocycles. The molecule has 1 aromatic rings. The van der Waals surface area contributed by atoms with Crippen LogP contribution in [0.5, 0.6) is 0 Å². The monoisotopic (exact) mass is 334 g/mol. The molecule has 4 nitrogen and oxygen atoms in total. The second-order valence-corrected chi connectivity index (χ2v) is 8.03. The predicted molar refractivity (Wildman–Crippen MR) is 81.4 cm³/mol. The maximum absolute atomic E-state index is 13.0. The number of hydrogen-bond acceptors (Lipinski definition) is 3. The Bertz CT molecular complexity index is 601. The summed E-state index contributed by atoms with van der Waals surface area (Å²) in [5.74, 6) is -0.197. The van der Waals surface area contributed by atoms with E-state index in [1.54, 1.807) is 7.05 Å². The summed E-state index contributed by atoms with van der Waals surface area (Å²) in [5, 5.41) is -0.0785. The summed E-state index contributed by atoms with van der Waals surface area (Å²) in [6.45, 7) is 2.43. The van der Waals surface area contributed by atoms with Crippen LogP contribution in [0.25, 0.3) is 0 Å². The van der Waals surface area contributed by atoms with Crippen molar-refractivity contribution in [1.29, 1.82) is 0 Å². The molecule has 0 aliphatic carbocycles. The van der Waals surface area contributed by atoms with Crippen molar-refractivity contribution in [3.05, 3.63) is 29.0 Å². The Labute approximate surface area is 130 Å². The highest BCUT2D eigenvalue weighted by atomic mass is 35.5.